The summed E-state index contributed by atoms with van der Waals surface area (Å²) in [6.45, 7) is 0. The fourth-order valence-electron chi connectivity index (χ4n) is 5.45. The van der Waals surface area contributed by atoms with Gasteiger partial charge in [-0.05, 0) is 45.4 Å². The molecule has 0 unspecified atom stereocenters. The van der Waals surface area contributed by atoms with Crippen LogP contribution in [0.4, 0.5) is 0 Å². The number of hydrogen-bond donors (Lipinski definition) is 1. The molecule has 0 amide bonds. The molecule has 0 saturated heterocycles. The number of benzene rings is 4. The van der Waals surface area contributed by atoms with Crippen molar-refractivity contribution in [1.29, 1.82) is 0 Å². The molecule has 1 N–H and O–H groups in total. The Hall–Kier alpha value is -4.20. The Labute approximate surface area is 206 Å². The maximum absolute atomic E-state index is 13.0. The SMILES string of the molecule is OC1(C2=CCC=C2)C(c2ccccc2)=C(c2ccccc2)C(c2ccccc2)=C1c1ccccc1. The number of allylic oxidation sites excluding steroid dienone is 4. The second-order valence-electron chi connectivity index (χ2n) is 8.97. The van der Waals surface area contributed by atoms with Crippen LogP contribution in [0.5, 0.6) is 0 Å². The van der Waals surface area contributed by atoms with Crippen LogP contribution in [0, 0.1) is 0 Å². The zero-order chi connectivity index (χ0) is 23.7. The van der Waals surface area contributed by atoms with E-state index in [0.29, 0.717) is 0 Å². The molecule has 0 aliphatic heterocycles. The summed E-state index contributed by atoms with van der Waals surface area (Å²) in [5, 5.41) is 13.0. The zero-order valence-electron chi connectivity index (χ0n) is 19.4. The van der Waals surface area contributed by atoms with Crippen molar-refractivity contribution in [2.45, 2.75) is 12.0 Å². The van der Waals surface area contributed by atoms with E-state index in [1.54, 1.807) is 0 Å². The monoisotopic (exact) mass is 450 g/mol. The van der Waals surface area contributed by atoms with E-state index in [0.717, 1.165) is 56.5 Å². The van der Waals surface area contributed by atoms with Gasteiger partial charge in [0.2, 0.25) is 0 Å². The van der Waals surface area contributed by atoms with E-state index in [-0.39, 0.29) is 0 Å². The van der Waals surface area contributed by atoms with Gasteiger partial charge in [-0.15, -0.1) is 0 Å². The third-order valence-corrected chi connectivity index (χ3v) is 6.91. The average Bonchev–Trinajstić information content (AvgIpc) is 3.57. The zero-order valence-corrected chi connectivity index (χ0v) is 19.4. The van der Waals surface area contributed by atoms with Crippen molar-refractivity contribution in [3.8, 4) is 0 Å². The molecule has 0 saturated carbocycles. The summed E-state index contributed by atoms with van der Waals surface area (Å²) in [5.74, 6) is 0. The number of aliphatic hydroxyl groups is 1. The molecule has 168 valence electrons. The predicted octanol–water partition coefficient (Wildman–Crippen LogP) is 7.84. The van der Waals surface area contributed by atoms with Crippen LogP contribution >= 0.6 is 0 Å². The normalized spacial score (nSPS) is 16.7. The molecule has 2 aliphatic rings. The maximum atomic E-state index is 13.0. The van der Waals surface area contributed by atoms with E-state index in [1.807, 2.05) is 48.5 Å². The fraction of sp³-hybridized carbons (Fsp3) is 0.0588. The van der Waals surface area contributed by atoms with Gasteiger partial charge in [0.1, 0.15) is 5.60 Å². The predicted molar refractivity (Wildman–Crippen MR) is 146 cm³/mol. The van der Waals surface area contributed by atoms with Crippen LogP contribution < -0.4 is 0 Å². The molecule has 0 atom stereocenters. The van der Waals surface area contributed by atoms with E-state index in [2.05, 4.69) is 91.0 Å². The lowest BCUT2D eigenvalue weighted by atomic mass is 9.76. The third kappa shape index (κ3) is 3.53. The summed E-state index contributed by atoms with van der Waals surface area (Å²) in [4.78, 5) is 0. The Kier molecular flexibility index (Phi) is 5.41. The summed E-state index contributed by atoms with van der Waals surface area (Å²) in [7, 11) is 0. The Bertz CT molecular complexity index is 1370. The second kappa shape index (κ2) is 8.87. The standard InChI is InChI=1S/C34H26O/c35-34(29-23-13-14-24-29)32(27-19-9-3-10-20-27)30(25-15-5-1-6-16-25)31(26-17-7-2-8-18-26)33(34)28-21-11-4-12-22-28/h1-13,15-24,35H,14H2. The van der Waals surface area contributed by atoms with E-state index in [1.165, 1.54) is 0 Å². The van der Waals surface area contributed by atoms with Crippen LogP contribution in [0.15, 0.2) is 145 Å². The van der Waals surface area contributed by atoms with Crippen LogP contribution in [0.25, 0.3) is 22.3 Å². The average molecular weight is 451 g/mol. The first-order valence-electron chi connectivity index (χ1n) is 12.1. The molecule has 4 aromatic carbocycles. The molecule has 0 heterocycles. The second-order valence-corrected chi connectivity index (χ2v) is 8.97. The van der Waals surface area contributed by atoms with Crippen molar-refractivity contribution < 1.29 is 5.11 Å². The number of rotatable bonds is 5. The summed E-state index contributed by atoms with van der Waals surface area (Å²) in [5.41, 5.74) is 7.87. The van der Waals surface area contributed by atoms with E-state index in [9.17, 15) is 5.11 Å². The van der Waals surface area contributed by atoms with Gasteiger partial charge in [-0.1, -0.05) is 140 Å². The first-order valence-corrected chi connectivity index (χ1v) is 12.1. The van der Waals surface area contributed by atoms with E-state index in [4.69, 9.17) is 0 Å². The Balaban J connectivity index is 1.81. The first-order chi connectivity index (χ1) is 17.3. The lowest BCUT2D eigenvalue weighted by Gasteiger charge is -2.32. The summed E-state index contributed by atoms with van der Waals surface area (Å²) in [6, 6.07) is 41.6. The highest BCUT2D eigenvalue weighted by Crippen LogP contribution is 2.59. The minimum absolute atomic E-state index is 0.823. The minimum Gasteiger partial charge on any atom is -0.376 e. The molecule has 4 aromatic rings. The van der Waals surface area contributed by atoms with Gasteiger partial charge < -0.3 is 5.11 Å². The van der Waals surface area contributed by atoms with Gasteiger partial charge in [-0.25, -0.2) is 0 Å². The van der Waals surface area contributed by atoms with E-state index >= 15 is 0 Å². The molecule has 0 spiro atoms. The Morgan fingerprint density at radius 1 is 0.486 bits per heavy atom. The molecule has 2 aliphatic carbocycles. The van der Waals surface area contributed by atoms with Crippen molar-refractivity contribution in [1.82, 2.24) is 0 Å². The summed E-state index contributed by atoms with van der Waals surface area (Å²) < 4.78 is 0. The molecule has 0 bridgehead atoms. The van der Waals surface area contributed by atoms with E-state index < -0.39 is 5.60 Å². The van der Waals surface area contributed by atoms with Gasteiger partial charge in [0.15, 0.2) is 0 Å². The molecule has 0 aromatic heterocycles. The van der Waals surface area contributed by atoms with Crippen molar-refractivity contribution in [3.05, 3.63) is 167 Å². The Morgan fingerprint density at radius 3 is 1.20 bits per heavy atom. The van der Waals surface area contributed by atoms with Gasteiger partial charge in [-0.2, -0.15) is 0 Å². The van der Waals surface area contributed by atoms with Gasteiger partial charge in [0, 0.05) is 11.1 Å². The van der Waals surface area contributed by atoms with Gasteiger partial charge in [0.05, 0.1) is 0 Å². The smallest absolute Gasteiger partial charge is 0.142 e. The Morgan fingerprint density at radius 2 is 0.857 bits per heavy atom. The highest BCUT2D eigenvalue weighted by molar-refractivity contribution is 6.32. The number of hydrogen-bond acceptors (Lipinski definition) is 1. The van der Waals surface area contributed by atoms with Crippen LogP contribution in [0.3, 0.4) is 0 Å². The van der Waals surface area contributed by atoms with Gasteiger partial charge in [0.25, 0.3) is 0 Å². The molecule has 0 radical (unpaired) electrons. The van der Waals surface area contributed by atoms with Crippen LogP contribution in [0.2, 0.25) is 0 Å². The fourth-order valence-corrected chi connectivity index (χ4v) is 5.45. The first kappa shape index (κ1) is 21.3. The summed E-state index contributed by atoms with van der Waals surface area (Å²) in [6.07, 6.45) is 7.19. The van der Waals surface area contributed by atoms with Crippen LogP contribution in [0.1, 0.15) is 28.7 Å². The van der Waals surface area contributed by atoms with Crippen molar-refractivity contribution in [2.75, 3.05) is 0 Å². The van der Waals surface area contributed by atoms with Crippen LogP contribution in [-0.4, -0.2) is 10.7 Å². The highest BCUT2D eigenvalue weighted by atomic mass is 16.3. The molecule has 1 heteroatoms. The van der Waals surface area contributed by atoms with Crippen molar-refractivity contribution in [2.24, 2.45) is 0 Å². The molecular weight excluding hydrogens is 424 g/mol. The highest BCUT2D eigenvalue weighted by Gasteiger charge is 2.49. The minimum atomic E-state index is -1.30. The molecule has 6 rings (SSSR count). The molecule has 0 fully saturated rings. The topological polar surface area (TPSA) is 20.2 Å². The van der Waals surface area contributed by atoms with Crippen molar-refractivity contribution in [3.63, 3.8) is 0 Å². The maximum Gasteiger partial charge on any atom is 0.142 e. The largest absolute Gasteiger partial charge is 0.376 e. The third-order valence-electron chi connectivity index (χ3n) is 6.91. The lowest BCUT2D eigenvalue weighted by Crippen LogP contribution is -2.32. The molecule has 35 heavy (non-hydrogen) atoms. The summed E-state index contributed by atoms with van der Waals surface area (Å²) >= 11 is 0. The van der Waals surface area contributed by atoms with Gasteiger partial charge >= 0.3 is 0 Å². The van der Waals surface area contributed by atoms with Crippen molar-refractivity contribution >= 4 is 22.3 Å². The van der Waals surface area contributed by atoms with Crippen LogP contribution in [-0.2, 0) is 0 Å². The quantitative estimate of drug-likeness (QED) is 0.328. The van der Waals surface area contributed by atoms with Gasteiger partial charge in [-0.3, -0.25) is 0 Å². The molecule has 1 nitrogen and oxygen atoms in total. The lowest BCUT2D eigenvalue weighted by molar-refractivity contribution is 0.208. The molecular formula is C34H26O.